The Morgan fingerprint density at radius 2 is 1.86 bits per heavy atom. The highest BCUT2D eigenvalue weighted by atomic mass is 35.5. The van der Waals surface area contributed by atoms with Crippen LogP contribution < -0.4 is 10.5 Å². The Morgan fingerprint density at radius 3 is 2.52 bits per heavy atom. The van der Waals surface area contributed by atoms with E-state index < -0.39 is 0 Å². The zero-order chi connectivity index (χ0) is 15.2. The number of nitrogens with two attached hydrogens (primary N) is 1. The van der Waals surface area contributed by atoms with E-state index in [0.717, 1.165) is 29.7 Å². The van der Waals surface area contributed by atoms with Crippen molar-refractivity contribution in [1.29, 1.82) is 0 Å². The van der Waals surface area contributed by atoms with Crippen molar-refractivity contribution in [1.82, 2.24) is 0 Å². The Bertz CT molecular complexity index is 571. The smallest absolute Gasteiger partial charge is 0.123 e. The molecule has 2 aromatic rings. The molecule has 0 amide bonds. The van der Waals surface area contributed by atoms with E-state index in [0.29, 0.717) is 5.02 Å². The molecule has 2 nitrogen and oxygen atoms in total. The summed E-state index contributed by atoms with van der Waals surface area (Å²) in [6.07, 6.45) is 1.69. The Kier molecular flexibility index (Phi) is 5.66. The normalized spacial score (nSPS) is 13.7. The van der Waals surface area contributed by atoms with Crippen LogP contribution in [0, 0.1) is 0 Å². The summed E-state index contributed by atoms with van der Waals surface area (Å²) in [5, 5.41) is 0.716. The number of rotatable bonds is 6. The predicted molar refractivity (Wildman–Crippen MR) is 88.9 cm³/mol. The number of hydrogen-bond acceptors (Lipinski definition) is 2. The lowest BCUT2D eigenvalue weighted by molar-refractivity contribution is 0.224. The van der Waals surface area contributed by atoms with Crippen LogP contribution in [0.25, 0.3) is 0 Å². The molecule has 0 aliphatic carbocycles. The molecule has 0 saturated carbocycles. The van der Waals surface area contributed by atoms with E-state index in [-0.39, 0.29) is 12.1 Å². The lowest BCUT2D eigenvalue weighted by Crippen LogP contribution is -2.22. The van der Waals surface area contributed by atoms with Crippen LogP contribution in [-0.2, 0) is 6.42 Å². The third-order valence-electron chi connectivity index (χ3n) is 3.60. The number of benzene rings is 2. The van der Waals surface area contributed by atoms with Crippen molar-refractivity contribution in [3.8, 4) is 5.75 Å². The molecule has 112 valence electrons. The first kappa shape index (κ1) is 15.9. The van der Waals surface area contributed by atoms with Crippen LogP contribution in [0.4, 0.5) is 0 Å². The monoisotopic (exact) mass is 303 g/mol. The molecule has 2 atom stereocenters. The van der Waals surface area contributed by atoms with Gasteiger partial charge in [-0.15, -0.1) is 0 Å². The Hall–Kier alpha value is -1.51. The van der Waals surface area contributed by atoms with Gasteiger partial charge in [-0.05, 0) is 49.1 Å². The van der Waals surface area contributed by atoms with Gasteiger partial charge in [-0.2, -0.15) is 0 Å². The van der Waals surface area contributed by atoms with Gasteiger partial charge in [-0.3, -0.25) is 0 Å². The molecule has 0 aliphatic rings. The van der Waals surface area contributed by atoms with Crippen LogP contribution in [0.5, 0.6) is 5.75 Å². The lowest BCUT2D eigenvalue weighted by atomic mass is 10.0. The van der Waals surface area contributed by atoms with Gasteiger partial charge in [0.05, 0.1) is 0 Å². The van der Waals surface area contributed by atoms with Crippen molar-refractivity contribution in [3.05, 3.63) is 64.7 Å². The maximum absolute atomic E-state index is 6.12. The van der Waals surface area contributed by atoms with Crippen molar-refractivity contribution in [3.63, 3.8) is 0 Å². The minimum absolute atomic E-state index is 0.0102. The van der Waals surface area contributed by atoms with Crippen molar-refractivity contribution >= 4 is 11.6 Å². The molecule has 0 radical (unpaired) electrons. The first-order valence-corrected chi connectivity index (χ1v) is 7.73. The molecule has 0 heterocycles. The van der Waals surface area contributed by atoms with Gasteiger partial charge in [-0.25, -0.2) is 0 Å². The van der Waals surface area contributed by atoms with E-state index >= 15 is 0 Å². The van der Waals surface area contributed by atoms with E-state index in [9.17, 15) is 0 Å². The van der Waals surface area contributed by atoms with E-state index in [4.69, 9.17) is 22.1 Å². The lowest BCUT2D eigenvalue weighted by Gasteiger charge is -2.19. The number of ether oxygens (including phenoxy) is 1. The van der Waals surface area contributed by atoms with Crippen LogP contribution in [-0.4, -0.2) is 6.04 Å². The van der Waals surface area contributed by atoms with Gasteiger partial charge < -0.3 is 10.5 Å². The average molecular weight is 304 g/mol. The summed E-state index contributed by atoms with van der Waals surface area (Å²) in [6.45, 7) is 4.13. The molecule has 3 heteroatoms. The standard InChI is InChI=1S/C18H22ClNO/c1-3-17(20)12-15-11-16(19)9-10-18(15)21-13(2)14-7-5-4-6-8-14/h4-11,13,17H,3,12,20H2,1-2H3. The zero-order valence-electron chi connectivity index (χ0n) is 12.6. The summed E-state index contributed by atoms with van der Waals surface area (Å²) in [7, 11) is 0. The molecular weight excluding hydrogens is 282 g/mol. The second kappa shape index (κ2) is 7.48. The van der Waals surface area contributed by atoms with Crippen LogP contribution in [0.2, 0.25) is 5.02 Å². The fraction of sp³-hybridized carbons (Fsp3) is 0.333. The zero-order valence-corrected chi connectivity index (χ0v) is 13.3. The maximum Gasteiger partial charge on any atom is 0.123 e. The molecule has 2 aromatic carbocycles. The third kappa shape index (κ3) is 4.48. The van der Waals surface area contributed by atoms with E-state index in [1.807, 2.05) is 43.3 Å². The van der Waals surface area contributed by atoms with Crippen LogP contribution in [0.15, 0.2) is 48.5 Å². The third-order valence-corrected chi connectivity index (χ3v) is 3.84. The van der Waals surface area contributed by atoms with Crippen LogP contribution >= 0.6 is 11.6 Å². The first-order chi connectivity index (χ1) is 10.1. The molecular formula is C18H22ClNO. The van der Waals surface area contributed by atoms with Gasteiger partial charge in [0, 0.05) is 11.1 Å². The fourth-order valence-electron chi connectivity index (χ4n) is 2.23. The van der Waals surface area contributed by atoms with Crippen molar-refractivity contribution in [2.24, 2.45) is 5.73 Å². The van der Waals surface area contributed by atoms with Crippen molar-refractivity contribution < 1.29 is 4.74 Å². The average Bonchev–Trinajstić information content (AvgIpc) is 2.50. The Balaban J connectivity index is 2.19. The second-order valence-electron chi connectivity index (χ2n) is 5.30. The minimum Gasteiger partial charge on any atom is -0.486 e. The molecule has 0 saturated heterocycles. The highest BCUT2D eigenvalue weighted by Gasteiger charge is 2.12. The summed E-state index contributed by atoms with van der Waals surface area (Å²) in [4.78, 5) is 0. The van der Waals surface area contributed by atoms with Gasteiger partial charge >= 0.3 is 0 Å². The first-order valence-electron chi connectivity index (χ1n) is 7.35. The highest BCUT2D eigenvalue weighted by Crippen LogP contribution is 2.28. The van der Waals surface area contributed by atoms with Gasteiger partial charge in [0.25, 0.3) is 0 Å². The van der Waals surface area contributed by atoms with Crippen LogP contribution in [0.3, 0.4) is 0 Å². The molecule has 21 heavy (non-hydrogen) atoms. The number of halogens is 1. The van der Waals surface area contributed by atoms with E-state index in [1.54, 1.807) is 0 Å². The Morgan fingerprint density at radius 1 is 1.14 bits per heavy atom. The molecule has 2 unspecified atom stereocenters. The summed E-state index contributed by atoms with van der Waals surface area (Å²) >= 11 is 6.10. The van der Waals surface area contributed by atoms with E-state index in [1.165, 1.54) is 0 Å². The Labute approximate surface area is 131 Å². The minimum atomic E-state index is -0.0102. The summed E-state index contributed by atoms with van der Waals surface area (Å²) in [5.41, 5.74) is 8.29. The van der Waals surface area contributed by atoms with Gasteiger partial charge in [0.1, 0.15) is 11.9 Å². The van der Waals surface area contributed by atoms with Crippen molar-refractivity contribution in [2.75, 3.05) is 0 Å². The van der Waals surface area contributed by atoms with Crippen molar-refractivity contribution in [2.45, 2.75) is 38.8 Å². The second-order valence-corrected chi connectivity index (χ2v) is 5.73. The number of hydrogen-bond donors (Lipinski definition) is 1. The van der Waals surface area contributed by atoms with Crippen LogP contribution in [0.1, 0.15) is 37.5 Å². The molecule has 2 N–H and O–H groups in total. The quantitative estimate of drug-likeness (QED) is 0.835. The van der Waals surface area contributed by atoms with E-state index in [2.05, 4.69) is 19.1 Å². The predicted octanol–water partition coefficient (Wildman–Crippen LogP) is 4.76. The molecule has 0 spiro atoms. The van der Waals surface area contributed by atoms with Gasteiger partial charge in [0.15, 0.2) is 0 Å². The largest absolute Gasteiger partial charge is 0.486 e. The molecule has 0 aliphatic heterocycles. The molecule has 0 aromatic heterocycles. The summed E-state index contributed by atoms with van der Waals surface area (Å²) < 4.78 is 6.12. The molecule has 0 fully saturated rings. The molecule has 0 bridgehead atoms. The molecule has 2 rings (SSSR count). The fourth-order valence-corrected chi connectivity index (χ4v) is 2.43. The summed E-state index contributed by atoms with van der Waals surface area (Å²) in [5.74, 6) is 0.861. The maximum atomic E-state index is 6.12. The topological polar surface area (TPSA) is 35.2 Å². The van der Waals surface area contributed by atoms with Gasteiger partial charge in [-0.1, -0.05) is 48.9 Å². The SMILES string of the molecule is CCC(N)Cc1cc(Cl)ccc1OC(C)c1ccccc1. The highest BCUT2D eigenvalue weighted by molar-refractivity contribution is 6.30. The summed E-state index contributed by atoms with van der Waals surface area (Å²) in [6, 6.07) is 16.0. The van der Waals surface area contributed by atoms with Gasteiger partial charge in [0.2, 0.25) is 0 Å².